The van der Waals surface area contributed by atoms with Crippen LogP contribution in [0.3, 0.4) is 0 Å². The summed E-state index contributed by atoms with van der Waals surface area (Å²) in [6, 6.07) is 0. The minimum absolute atomic E-state index is 1.03. The van der Waals surface area contributed by atoms with Gasteiger partial charge >= 0.3 is 0 Å². The Kier molecular flexibility index (Phi) is 6.27. The van der Waals surface area contributed by atoms with Crippen molar-refractivity contribution in [2.75, 3.05) is 0 Å². The Labute approximate surface area is 106 Å². The zero-order valence-electron chi connectivity index (χ0n) is 11.3. The Morgan fingerprint density at radius 3 is 2.82 bits per heavy atom. The number of rotatable bonds is 3. The molecule has 0 saturated carbocycles. The summed E-state index contributed by atoms with van der Waals surface area (Å²) in [5.74, 6) is 6.60. The first-order valence-electron chi connectivity index (χ1n) is 6.60. The second-order valence-corrected chi connectivity index (χ2v) is 4.68. The first kappa shape index (κ1) is 13.7. The highest BCUT2D eigenvalue weighted by atomic mass is 14.1. The van der Waals surface area contributed by atoms with Crippen LogP contribution in [-0.4, -0.2) is 0 Å². The second kappa shape index (κ2) is 7.81. The van der Waals surface area contributed by atoms with E-state index in [0.717, 1.165) is 24.8 Å². The molecule has 0 radical (unpaired) electrons. The van der Waals surface area contributed by atoms with Gasteiger partial charge in [-0.2, -0.15) is 0 Å². The van der Waals surface area contributed by atoms with Gasteiger partial charge in [0.25, 0.3) is 0 Å². The van der Waals surface area contributed by atoms with Crippen LogP contribution in [0.25, 0.3) is 0 Å². The Morgan fingerprint density at radius 1 is 1.29 bits per heavy atom. The van der Waals surface area contributed by atoms with Crippen molar-refractivity contribution in [1.29, 1.82) is 0 Å². The third-order valence-electron chi connectivity index (χ3n) is 2.72. The zero-order valence-corrected chi connectivity index (χ0v) is 11.3. The van der Waals surface area contributed by atoms with Crippen molar-refractivity contribution in [2.24, 2.45) is 0 Å². The summed E-state index contributed by atoms with van der Waals surface area (Å²) >= 11 is 0. The van der Waals surface area contributed by atoms with Gasteiger partial charge in [-0.05, 0) is 56.8 Å². The van der Waals surface area contributed by atoms with E-state index in [0.29, 0.717) is 0 Å². The number of allylic oxidation sites excluding steroid dienone is 4. The summed E-state index contributed by atoms with van der Waals surface area (Å²) in [6.45, 7) is 6.28. The van der Waals surface area contributed by atoms with Gasteiger partial charge in [0.05, 0.1) is 0 Å². The van der Waals surface area contributed by atoms with Crippen molar-refractivity contribution in [3.8, 4) is 11.8 Å². The predicted octanol–water partition coefficient (Wildman–Crippen LogP) is 4.94. The topological polar surface area (TPSA) is 0 Å². The first-order valence-corrected chi connectivity index (χ1v) is 6.60. The van der Waals surface area contributed by atoms with Gasteiger partial charge in [-0.15, -0.1) is 0 Å². The molecule has 0 atom stereocenters. The Morgan fingerprint density at radius 2 is 2.12 bits per heavy atom. The van der Waals surface area contributed by atoms with Crippen LogP contribution in [0.4, 0.5) is 0 Å². The van der Waals surface area contributed by atoms with Crippen molar-refractivity contribution in [3.63, 3.8) is 0 Å². The summed E-state index contributed by atoms with van der Waals surface area (Å²) in [6.07, 6.45) is 9.05. The van der Waals surface area contributed by atoms with E-state index in [9.17, 15) is 0 Å². The van der Waals surface area contributed by atoms with E-state index >= 15 is 0 Å². The van der Waals surface area contributed by atoms with Crippen LogP contribution in [0, 0.1) is 11.8 Å². The largest absolute Gasteiger partial charge is 0.0982 e. The molecule has 0 aliphatic heterocycles. The average Bonchev–Trinajstić information content (AvgIpc) is 2.72. The van der Waals surface area contributed by atoms with Crippen molar-refractivity contribution in [1.82, 2.24) is 0 Å². The highest BCUT2D eigenvalue weighted by molar-refractivity contribution is 5.41. The minimum Gasteiger partial charge on any atom is -0.0982 e. The molecule has 0 bridgehead atoms. The molecular formula is C17H22. The number of unbranched alkanes of at least 4 members (excludes halogenated alkanes) is 2. The van der Waals surface area contributed by atoms with Gasteiger partial charge in [-0.3, -0.25) is 0 Å². The molecule has 1 aliphatic rings. The molecule has 1 aliphatic carbocycles. The standard InChI is InChI=1S/C17H22/c1-4-5-6-7-11-16-13-9-14-17(16)12-8-10-15(2)3/h12H,4-6,9,13-14H2,1-3H3. The third-order valence-corrected chi connectivity index (χ3v) is 2.72. The highest BCUT2D eigenvalue weighted by Crippen LogP contribution is 2.26. The molecule has 0 unspecified atom stereocenters. The maximum Gasteiger partial charge on any atom is 0.00922 e. The fraction of sp³-hybridized carbons (Fsp3) is 0.529. The minimum atomic E-state index is 1.03. The SMILES string of the molecule is CCCCC#CC1=C(C=C=C=C(C)C)CCC1. The maximum atomic E-state index is 3.33. The van der Waals surface area contributed by atoms with E-state index in [4.69, 9.17) is 0 Å². The molecule has 0 heterocycles. The molecular weight excluding hydrogens is 204 g/mol. The van der Waals surface area contributed by atoms with Crippen molar-refractivity contribution in [2.45, 2.75) is 59.3 Å². The number of hydrogen-bond acceptors (Lipinski definition) is 0. The molecule has 0 N–H and O–H groups in total. The first-order chi connectivity index (χ1) is 8.24. The van der Waals surface area contributed by atoms with Crippen LogP contribution in [0.5, 0.6) is 0 Å². The van der Waals surface area contributed by atoms with Crippen molar-refractivity contribution in [3.05, 3.63) is 34.3 Å². The van der Waals surface area contributed by atoms with Crippen LogP contribution >= 0.6 is 0 Å². The molecule has 0 aromatic rings. The van der Waals surface area contributed by atoms with Crippen LogP contribution in [0.1, 0.15) is 59.3 Å². The molecule has 90 valence electrons. The number of hydrogen-bond donors (Lipinski definition) is 0. The molecule has 0 fully saturated rings. The molecule has 0 aromatic carbocycles. The lowest BCUT2D eigenvalue weighted by Gasteiger charge is -1.91. The fourth-order valence-corrected chi connectivity index (χ4v) is 1.77. The van der Waals surface area contributed by atoms with Gasteiger partial charge in [0, 0.05) is 12.0 Å². The Bertz CT molecular complexity index is 432. The third kappa shape index (κ3) is 5.46. The lowest BCUT2D eigenvalue weighted by atomic mass is 10.1. The molecule has 0 nitrogen and oxygen atoms in total. The highest BCUT2D eigenvalue weighted by Gasteiger charge is 2.09. The van der Waals surface area contributed by atoms with Crippen LogP contribution < -0.4 is 0 Å². The lowest BCUT2D eigenvalue weighted by molar-refractivity contribution is 0.828. The van der Waals surface area contributed by atoms with E-state index in [1.165, 1.54) is 30.4 Å². The van der Waals surface area contributed by atoms with Gasteiger partial charge in [0.2, 0.25) is 0 Å². The molecule has 0 saturated heterocycles. The van der Waals surface area contributed by atoms with Crippen LogP contribution in [0.2, 0.25) is 0 Å². The van der Waals surface area contributed by atoms with E-state index in [1.807, 2.05) is 13.8 Å². The lowest BCUT2D eigenvalue weighted by Crippen LogP contribution is -1.76. The van der Waals surface area contributed by atoms with Crippen LogP contribution in [0.15, 0.2) is 34.3 Å². The average molecular weight is 226 g/mol. The van der Waals surface area contributed by atoms with E-state index in [-0.39, 0.29) is 0 Å². The zero-order chi connectivity index (χ0) is 12.5. The summed E-state index contributed by atoms with van der Waals surface area (Å²) in [7, 11) is 0. The van der Waals surface area contributed by atoms with Gasteiger partial charge in [0.1, 0.15) is 0 Å². The van der Waals surface area contributed by atoms with Gasteiger partial charge in [-0.1, -0.05) is 36.6 Å². The van der Waals surface area contributed by atoms with E-state index in [1.54, 1.807) is 0 Å². The molecule has 17 heavy (non-hydrogen) atoms. The van der Waals surface area contributed by atoms with E-state index in [2.05, 4.69) is 36.3 Å². The summed E-state index contributed by atoms with van der Waals surface area (Å²) < 4.78 is 0. The second-order valence-electron chi connectivity index (χ2n) is 4.68. The molecule has 0 amide bonds. The fourth-order valence-electron chi connectivity index (χ4n) is 1.77. The van der Waals surface area contributed by atoms with Gasteiger partial charge in [0.15, 0.2) is 0 Å². The van der Waals surface area contributed by atoms with E-state index < -0.39 is 0 Å². The maximum absolute atomic E-state index is 3.33. The smallest absolute Gasteiger partial charge is 0.00922 e. The molecule has 1 rings (SSSR count). The van der Waals surface area contributed by atoms with Crippen LogP contribution in [-0.2, 0) is 0 Å². The summed E-state index contributed by atoms with van der Waals surface area (Å²) in [4.78, 5) is 0. The Hall–Kier alpha value is -1.40. The van der Waals surface area contributed by atoms with Crippen molar-refractivity contribution < 1.29 is 0 Å². The monoisotopic (exact) mass is 226 g/mol. The van der Waals surface area contributed by atoms with Crippen molar-refractivity contribution >= 4 is 0 Å². The van der Waals surface area contributed by atoms with Gasteiger partial charge < -0.3 is 0 Å². The normalized spacial score (nSPS) is 13.6. The molecule has 0 aromatic heterocycles. The Balaban J connectivity index is 2.76. The predicted molar refractivity (Wildman–Crippen MR) is 74.6 cm³/mol. The molecule has 0 heteroatoms. The molecule has 0 spiro atoms. The summed E-state index contributed by atoms with van der Waals surface area (Å²) in [5, 5.41) is 0. The quantitative estimate of drug-likeness (QED) is 0.363. The summed E-state index contributed by atoms with van der Waals surface area (Å²) in [5.41, 5.74) is 10.1. The van der Waals surface area contributed by atoms with Gasteiger partial charge in [-0.25, -0.2) is 0 Å².